The predicted molar refractivity (Wildman–Crippen MR) is 62.6 cm³/mol. The van der Waals surface area contributed by atoms with Crippen LogP contribution in [0.25, 0.3) is 12.2 Å². The van der Waals surface area contributed by atoms with Crippen molar-refractivity contribution in [2.75, 3.05) is 6.61 Å². The first kappa shape index (κ1) is 11.2. The fourth-order valence-electron chi connectivity index (χ4n) is 1.28. The molecule has 1 rings (SSSR count). The average molecular weight is 202 g/mol. The SMILES string of the molecule is C=Cc1ccc(C(=O)OCC)cc1C=C. The second-order valence-corrected chi connectivity index (χ2v) is 2.97. The molecule has 1 aromatic rings. The third-order valence-electron chi connectivity index (χ3n) is 2.04. The van der Waals surface area contributed by atoms with Gasteiger partial charge in [-0.15, -0.1) is 0 Å². The summed E-state index contributed by atoms with van der Waals surface area (Å²) >= 11 is 0. The van der Waals surface area contributed by atoms with Crippen molar-refractivity contribution in [2.24, 2.45) is 0 Å². The molecular weight excluding hydrogens is 188 g/mol. The van der Waals surface area contributed by atoms with E-state index >= 15 is 0 Å². The van der Waals surface area contributed by atoms with Crippen molar-refractivity contribution >= 4 is 18.1 Å². The molecule has 0 heterocycles. The molecule has 0 bridgehead atoms. The van der Waals surface area contributed by atoms with Crippen molar-refractivity contribution in [2.45, 2.75) is 6.92 Å². The summed E-state index contributed by atoms with van der Waals surface area (Å²) in [6, 6.07) is 5.31. The van der Waals surface area contributed by atoms with Gasteiger partial charge in [-0.1, -0.05) is 31.4 Å². The zero-order valence-electron chi connectivity index (χ0n) is 8.82. The molecule has 0 saturated carbocycles. The number of hydrogen-bond acceptors (Lipinski definition) is 2. The number of hydrogen-bond donors (Lipinski definition) is 0. The van der Waals surface area contributed by atoms with Crippen LogP contribution in [0.2, 0.25) is 0 Å². The molecule has 0 radical (unpaired) electrons. The first-order valence-corrected chi connectivity index (χ1v) is 4.79. The number of esters is 1. The fourth-order valence-corrected chi connectivity index (χ4v) is 1.28. The van der Waals surface area contributed by atoms with Gasteiger partial charge in [0.05, 0.1) is 12.2 Å². The van der Waals surface area contributed by atoms with Gasteiger partial charge < -0.3 is 4.74 Å². The number of carbonyl (C=O) groups is 1. The van der Waals surface area contributed by atoms with Crippen LogP contribution < -0.4 is 0 Å². The third-order valence-corrected chi connectivity index (χ3v) is 2.04. The van der Waals surface area contributed by atoms with Crippen LogP contribution in [0, 0.1) is 0 Å². The molecule has 0 N–H and O–H groups in total. The Morgan fingerprint density at radius 3 is 2.53 bits per heavy atom. The minimum atomic E-state index is -0.309. The molecule has 0 unspecified atom stereocenters. The van der Waals surface area contributed by atoms with E-state index in [1.165, 1.54) is 0 Å². The zero-order chi connectivity index (χ0) is 11.3. The van der Waals surface area contributed by atoms with E-state index in [1.807, 2.05) is 6.07 Å². The molecule has 0 aromatic heterocycles. The molecule has 2 heteroatoms. The molecule has 0 aliphatic rings. The Labute approximate surface area is 89.9 Å². The normalized spacial score (nSPS) is 9.40. The van der Waals surface area contributed by atoms with Gasteiger partial charge in [-0.25, -0.2) is 4.79 Å². The number of ether oxygens (including phenoxy) is 1. The predicted octanol–water partition coefficient (Wildman–Crippen LogP) is 3.15. The Morgan fingerprint density at radius 1 is 1.33 bits per heavy atom. The standard InChI is InChI=1S/C13H14O2/c1-4-10-7-8-12(9-11(10)5-2)13(14)15-6-3/h4-5,7-9H,1-2,6H2,3H3. The van der Waals surface area contributed by atoms with Crippen molar-refractivity contribution in [3.05, 3.63) is 48.0 Å². The van der Waals surface area contributed by atoms with Crippen LogP contribution in [0.4, 0.5) is 0 Å². The molecule has 0 saturated heterocycles. The lowest BCUT2D eigenvalue weighted by Crippen LogP contribution is -2.04. The summed E-state index contributed by atoms with van der Waals surface area (Å²) in [6.07, 6.45) is 3.42. The van der Waals surface area contributed by atoms with Crippen LogP contribution in [-0.2, 0) is 4.74 Å². The second kappa shape index (κ2) is 5.15. The van der Waals surface area contributed by atoms with Gasteiger partial charge >= 0.3 is 5.97 Å². The van der Waals surface area contributed by atoms with Crippen LogP contribution in [-0.4, -0.2) is 12.6 Å². The van der Waals surface area contributed by atoms with Crippen LogP contribution in [0.3, 0.4) is 0 Å². The number of benzene rings is 1. The Morgan fingerprint density at radius 2 is 2.00 bits per heavy atom. The van der Waals surface area contributed by atoms with Crippen molar-refractivity contribution in [1.82, 2.24) is 0 Å². The molecule has 0 amide bonds. The average Bonchev–Trinajstić information content (AvgIpc) is 2.28. The lowest BCUT2D eigenvalue weighted by Gasteiger charge is -2.05. The molecule has 15 heavy (non-hydrogen) atoms. The van der Waals surface area contributed by atoms with E-state index in [1.54, 1.807) is 31.2 Å². The van der Waals surface area contributed by atoms with E-state index in [0.29, 0.717) is 12.2 Å². The summed E-state index contributed by atoms with van der Waals surface area (Å²) in [5, 5.41) is 0. The van der Waals surface area contributed by atoms with E-state index in [0.717, 1.165) is 11.1 Å². The zero-order valence-corrected chi connectivity index (χ0v) is 8.82. The van der Waals surface area contributed by atoms with Gasteiger partial charge in [0.15, 0.2) is 0 Å². The van der Waals surface area contributed by atoms with Gasteiger partial charge in [0.2, 0.25) is 0 Å². The molecular formula is C13H14O2. The molecule has 1 aromatic carbocycles. The highest BCUT2D eigenvalue weighted by Crippen LogP contribution is 2.15. The first-order chi connectivity index (χ1) is 7.22. The summed E-state index contributed by atoms with van der Waals surface area (Å²) in [5.74, 6) is -0.309. The van der Waals surface area contributed by atoms with Crippen LogP contribution in [0.5, 0.6) is 0 Å². The van der Waals surface area contributed by atoms with E-state index in [-0.39, 0.29) is 5.97 Å². The smallest absolute Gasteiger partial charge is 0.338 e. The highest BCUT2D eigenvalue weighted by molar-refractivity contribution is 5.90. The highest BCUT2D eigenvalue weighted by Gasteiger charge is 2.07. The second-order valence-electron chi connectivity index (χ2n) is 2.97. The van der Waals surface area contributed by atoms with Gasteiger partial charge in [0.1, 0.15) is 0 Å². The van der Waals surface area contributed by atoms with Crippen LogP contribution in [0.15, 0.2) is 31.4 Å². The maximum absolute atomic E-state index is 11.4. The number of rotatable bonds is 4. The summed E-state index contributed by atoms with van der Waals surface area (Å²) in [5.41, 5.74) is 2.38. The summed E-state index contributed by atoms with van der Waals surface area (Å²) in [7, 11) is 0. The first-order valence-electron chi connectivity index (χ1n) is 4.79. The Balaban J connectivity index is 3.07. The van der Waals surface area contributed by atoms with E-state index in [9.17, 15) is 4.79 Å². The number of carbonyl (C=O) groups excluding carboxylic acids is 1. The molecule has 0 spiro atoms. The van der Waals surface area contributed by atoms with Crippen molar-refractivity contribution in [3.63, 3.8) is 0 Å². The molecule has 2 nitrogen and oxygen atoms in total. The molecule has 0 fully saturated rings. The van der Waals surface area contributed by atoms with Crippen molar-refractivity contribution in [1.29, 1.82) is 0 Å². The Bertz CT molecular complexity index is 392. The largest absolute Gasteiger partial charge is 0.462 e. The van der Waals surface area contributed by atoms with Crippen LogP contribution >= 0.6 is 0 Å². The molecule has 0 aliphatic heterocycles. The van der Waals surface area contributed by atoms with E-state index in [4.69, 9.17) is 4.74 Å². The van der Waals surface area contributed by atoms with Crippen molar-refractivity contribution in [3.8, 4) is 0 Å². The monoisotopic (exact) mass is 202 g/mol. The summed E-state index contributed by atoms with van der Waals surface area (Å²) in [4.78, 5) is 11.4. The maximum atomic E-state index is 11.4. The Kier molecular flexibility index (Phi) is 3.86. The van der Waals surface area contributed by atoms with Crippen LogP contribution in [0.1, 0.15) is 28.4 Å². The quantitative estimate of drug-likeness (QED) is 0.701. The van der Waals surface area contributed by atoms with Gasteiger partial charge in [-0.05, 0) is 30.2 Å². The van der Waals surface area contributed by atoms with Gasteiger partial charge in [-0.2, -0.15) is 0 Å². The molecule has 0 aliphatic carbocycles. The van der Waals surface area contributed by atoms with Gasteiger partial charge in [0.25, 0.3) is 0 Å². The Hall–Kier alpha value is -1.83. The maximum Gasteiger partial charge on any atom is 0.338 e. The lowest BCUT2D eigenvalue weighted by atomic mass is 10.0. The lowest BCUT2D eigenvalue weighted by molar-refractivity contribution is 0.0526. The summed E-state index contributed by atoms with van der Waals surface area (Å²) < 4.78 is 4.90. The third kappa shape index (κ3) is 2.56. The van der Waals surface area contributed by atoms with Crippen molar-refractivity contribution < 1.29 is 9.53 Å². The minimum Gasteiger partial charge on any atom is -0.462 e. The van der Waals surface area contributed by atoms with E-state index in [2.05, 4.69) is 13.2 Å². The van der Waals surface area contributed by atoms with Gasteiger partial charge in [-0.3, -0.25) is 0 Å². The summed E-state index contributed by atoms with van der Waals surface area (Å²) in [6.45, 7) is 9.54. The minimum absolute atomic E-state index is 0.309. The molecule has 0 atom stereocenters. The fraction of sp³-hybridized carbons (Fsp3) is 0.154. The molecule has 78 valence electrons. The highest BCUT2D eigenvalue weighted by atomic mass is 16.5. The van der Waals surface area contributed by atoms with E-state index < -0.39 is 0 Å². The topological polar surface area (TPSA) is 26.3 Å². The van der Waals surface area contributed by atoms with Gasteiger partial charge in [0, 0.05) is 0 Å².